The first-order valence-electron chi connectivity index (χ1n) is 9.27. The first-order chi connectivity index (χ1) is 13.8. The van der Waals surface area contributed by atoms with E-state index < -0.39 is 11.7 Å². The van der Waals surface area contributed by atoms with Gasteiger partial charge in [0.1, 0.15) is 5.82 Å². The van der Waals surface area contributed by atoms with E-state index in [1.165, 1.54) is 18.2 Å². The van der Waals surface area contributed by atoms with E-state index in [0.717, 1.165) is 28.2 Å². The fraction of sp³-hybridized carbons (Fsp3) is 0.227. The summed E-state index contributed by atoms with van der Waals surface area (Å²) in [6.45, 7) is 6.25. The van der Waals surface area contributed by atoms with E-state index in [0.29, 0.717) is 6.54 Å². The van der Waals surface area contributed by atoms with Crippen molar-refractivity contribution in [3.8, 4) is 0 Å². The number of aliphatic imine (C=N–C) groups is 1. The second-order valence-corrected chi connectivity index (χ2v) is 6.89. The molecule has 0 aliphatic rings. The summed E-state index contributed by atoms with van der Waals surface area (Å²) in [5.74, 6) is -0.627. The van der Waals surface area contributed by atoms with Crippen LogP contribution >= 0.6 is 0 Å². The SMILES string of the molecule is Cc1ccc(NC(=NCc2c(C)nn(C)c2C)NC(=O)c2cccc(F)c2)cc1. The minimum atomic E-state index is -0.468. The van der Waals surface area contributed by atoms with E-state index in [4.69, 9.17) is 0 Å². The Bertz CT molecular complexity index is 1050. The van der Waals surface area contributed by atoms with Gasteiger partial charge in [0, 0.05) is 29.6 Å². The standard InChI is InChI=1S/C22H24FN5O/c1-14-8-10-19(11-9-14)25-22(24-13-20-15(2)27-28(4)16(20)3)26-21(29)17-6-5-7-18(23)12-17/h5-12H,13H2,1-4H3,(H2,24,25,26,29). The molecule has 0 fully saturated rings. The lowest BCUT2D eigenvalue weighted by Crippen LogP contribution is -2.36. The van der Waals surface area contributed by atoms with Crippen molar-refractivity contribution in [3.63, 3.8) is 0 Å². The topological polar surface area (TPSA) is 71.3 Å². The number of guanidine groups is 1. The number of anilines is 1. The van der Waals surface area contributed by atoms with Crippen LogP contribution in [0.2, 0.25) is 0 Å². The number of aryl methyl sites for hydroxylation is 3. The second-order valence-electron chi connectivity index (χ2n) is 6.89. The van der Waals surface area contributed by atoms with E-state index in [-0.39, 0.29) is 11.5 Å². The van der Waals surface area contributed by atoms with Gasteiger partial charge in [0.2, 0.25) is 5.96 Å². The lowest BCUT2D eigenvalue weighted by atomic mass is 10.2. The van der Waals surface area contributed by atoms with Crippen molar-refractivity contribution in [1.29, 1.82) is 0 Å². The Morgan fingerprint density at radius 2 is 1.86 bits per heavy atom. The number of benzene rings is 2. The molecule has 2 aromatic carbocycles. The molecule has 1 heterocycles. The van der Waals surface area contributed by atoms with Crippen molar-refractivity contribution in [3.05, 3.63) is 82.4 Å². The number of halogens is 1. The van der Waals surface area contributed by atoms with Crippen LogP contribution in [-0.2, 0) is 13.6 Å². The molecule has 0 aliphatic carbocycles. The number of hydrogen-bond acceptors (Lipinski definition) is 3. The van der Waals surface area contributed by atoms with E-state index in [1.807, 2.05) is 52.1 Å². The summed E-state index contributed by atoms with van der Waals surface area (Å²) in [5, 5.41) is 10.3. The molecule has 3 aromatic rings. The average Bonchev–Trinajstić information content (AvgIpc) is 2.93. The molecular formula is C22H24FN5O. The molecule has 7 heteroatoms. The van der Waals surface area contributed by atoms with E-state index >= 15 is 0 Å². The maximum Gasteiger partial charge on any atom is 0.258 e. The van der Waals surface area contributed by atoms with Gasteiger partial charge in [0.05, 0.1) is 12.2 Å². The Morgan fingerprint density at radius 1 is 1.14 bits per heavy atom. The van der Waals surface area contributed by atoms with Gasteiger partial charge in [0.25, 0.3) is 5.91 Å². The quantitative estimate of drug-likeness (QED) is 0.522. The molecule has 1 aromatic heterocycles. The van der Waals surface area contributed by atoms with Gasteiger partial charge in [0.15, 0.2) is 0 Å². The van der Waals surface area contributed by atoms with Crippen LogP contribution < -0.4 is 10.6 Å². The lowest BCUT2D eigenvalue weighted by molar-refractivity contribution is 0.0976. The van der Waals surface area contributed by atoms with Gasteiger partial charge in [-0.1, -0.05) is 23.8 Å². The summed E-state index contributed by atoms with van der Waals surface area (Å²) < 4.78 is 15.3. The zero-order valence-corrected chi connectivity index (χ0v) is 17.0. The molecule has 2 N–H and O–H groups in total. The minimum Gasteiger partial charge on any atom is -0.326 e. The highest BCUT2D eigenvalue weighted by Crippen LogP contribution is 2.14. The molecule has 0 aliphatic heterocycles. The third kappa shape index (κ3) is 5.07. The Hall–Kier alpha value is -3.48. The number of aromatic nitrogens is 2. The van der Waals surface area contributed by atoms with Crippen molar-refractivity contribution in [2.45, 2.75) is 27.3 Å². The van der Waals surface area contributed by atoms with Gasteiger partial charge in [-0.2, -0.15) is 5.10 Å². The van der Waals surface area contributed by atoms with Crippen LogP contribution in [0.25, 0.3) is 0 Å². The molecule has 0 bridgehead atoms. The Morgan fingerprint density at radius 3 is 2.48 bits per heavy atom. The zero-order valence-electron chi connectivity index (χ0n) is 17.0. The van der Waals surface area contributed by atoms with Gasteiger partial charge >= 0.3 is 0 Å². The first kappa shape index (κ1) is 20.3. The van der Waals surface area contributed by atoms with Crippen LogP contribution in [0, 0.1) is 26.6 Å². The molecule has 1 amide bonds. The maximum atomic E-state index is 13.5. The normalized spacial score (nSPS) is 11.4. The van der Waals surface area contributed by atoms with Crippen LogP contribution in [-0.4, -0.2) is 21.6 Å². The van der Waals surface area contributed by atoms with Crippen molar-refractivity contribution < 1.29 is 9.18 Å². The van der Waals surface area contributed by atoms with Gasteiger partial charge in [-0.15, -0.1) is 0 Å². The van der Waals surface area contributed by atoms with Crippen LogP contribution in [0.3, 0.4) is 0 Å². The number of nitrogens with one attached hydrogen (secondary N) is 2. The minimum absolute atomic E-state index is 0.220. The highest BCUT2D eigenvalue weighted by molar-refractivity contribution is 6.09. The van der Waals surface area contributed by atoms with Gasteiger partial charge in [-0.05, 0) is 51.1 Å². The summed E-state index contributed by atoms with van der Waals surface area (Å²) in [4.78, 5) is 17.1. The van der Waals surface area contributed by atoms with E-state index in [9.17, 15) is 9.18 Å². The summed E-state index contributed by atoms with van der Waals surface area (Å²) in [5.41, 5.74) is 5.03. The fourth-order valence-electron chi connectivity index (χ4n) is 2.90. The third-order valence-corrected chi connectivity index (χ3v) is 4.69. The molecule has 0 atom stereocenters. The molecule has 0 radical (unpaired) electrons. The average molecular weight is 393 g/mol. The molecule has 29 heavy (non-hydrogen) atoms. The van der Waals surface area contributed by atoms with Crippen LogP contribution in [0.4, 0.5) is 10.1 Å². The molecule has 0 saturated heterocycles. The first-order valence-corrected chi connectivity index (χ1v) is 9.27. The number of amides is 1. The molecule has 3 rings (SSSR count). The number of carbonyl (C=O) groups excluding carboxylic acids is 1. The van der Waals surface area contributed by atoms with Gasteiger partial charge in [-0.3, -0.25) is 14.8 Å². The van der Waals surface area contributed by atoms with Crippen LogP contribution in [0.5, 0.6) is 0 Å². The number of rotatable bonds is 4. The largest absolute Gasteiger partial charge is 0.326 e. The highest BCUT2D eigenvalue weighted by atomic mass is 19.1. The van der Waals surface area contributed by atoms with Crippen molar-refractivity contribution in [2.24, 2.45) is 12.0 Å². The van der Waals surface area contributed by atoms with E-state index in [1.54, 1.807) is 10.7 Å². The predicted octanol–water partition coefficient (Wildman–Crippen LogP) is 3.88. The number of carbonyl (C=O) groups is 1. The molecule has 6 nitrogen and oxygen atoms in total. The number of hydrogen-bond donors (Lipinski definition) is 2. The molecule has 0 unspecified atom stereocenters. The summed E-state index contributed by atoms with van der Waals surface area (Å²) >= 11 is 0. The lowest BCUT2D eigenvalue weighted by Gasteiger charge is -2.12. The second kappa shape index (κ2) is 8.68. The highest BCUT2D eigenvalue weighted by Gasteiger charge is 2.12. The number of nitrogens with zero attached hydrogens (tertiary/aromatic N) is 3. The fourth-order valence-corrected chi connectivity index (χ4v) is 2.90. The van der Waals surface area contributed by atoms with Crippen molar-refractivity contribution >= 4 is 17.6 Å². The predicted molar refractivity (Wildman–Crippen MR) is 112 cm³/mol. The zero-order chi connectivity index (χ0) is 21.0. The molecule has 150 valence electrons. The monoisotopic (exact) mass is 393 g/mol. The smallest absolute Gasteiger partial charge is 0.258 e. The van der Waals surface area contributed by atoms with Gasteiger partial charge in [-0.25, -0.2) is 9.38 Å². The van der Waals surface area contributed by atoms with Crippen LogP contribution in [0.1, 0.15) is 32.9 Å². The van der Waals surface area contributed by atoms with Crippen molar-refractivity contribution in [2.75, 3.05) is 5.32 Å². The molecule has 0 spiro atoms. The Balaban J connectivity index is 1.86. The summed E-state index contributed by atoms with van der Waals surface area (Å²) in [6, 6.07) is 13.3. The maximum absolute atomic E-state index is 13.5. The molecule has 0 saturated carbocycles. The molecular weight excluding hydrogens is 369 g/mol. The summed E-state index contributed by atoms with van der Waals surface area (Å²) in [7, 11) is 1.88. The Labute approximate surface area is 169 Å². The van der Waals surface area contributed by atoms with E-state index in [2.05, 4.69) is 20.7 Å². The summed E-state index contributed by atoms with van der Waals surface area (Å²) in [6.07, 6.45) is 0. The van der Waals surface area contributed by atoms with Crippen molar-refractivity contribution in [1.82, 2.24) is 15.1 Å². The van der Waals surface area contributed by atoms with Crippen LogP contribution in [0.15, 0.2) is 53.5 Å². The van der Waals surface area contributed by atoms with Gasteiger partial charge < -0.3 is 5.32 Å². The Kier molecular flexibility index (Phi) is 6.07. The third-order valence-electron chi connectivity index (χ3n) is 4.69.